The Morgan fingerprint density at radius 1 is 1.44 bits per heavy atom. The highest BCUT2D eigenvalue weighted by Crippen LogP contribution is 2.16. The predicted octanol–water partition coefficient (Wildman–Crippen LogP) is 2.55. The molecule has 0 fully saturated rings. The molecule has 2 rings (SSSR count). The zero-order valence-electron chi connectivity index (χ0n) is 10.8. The van der Waals surface area contributed by atoms with Gasteiger partial charge in [0.25, 0.3) is 0 Å². The summed E-state index contributed by atoms with van der Waals surface area (Å²) in [6.45, 7) is 3.03. The number of benzene rings is 1. The summed E-state index contributed by atoms with van der Waals surface area (Å²) in [5, 5.41) is 0. The van der Waals surface area contributed by atoms with Crippen LogP contribution in [0.4, 0.5) is 0 Å². The molecule has 0 amide bonds. The molecular formula is C14H18N2O2. The summed E-state index contributed by atoms with van der Waals surface area (Å²) in [6, 6.07) is 6.30. The van der Waals surface area contributed by atoms with Crippen LogP contribution in [-0.4, -0.2) is 22.6 Å². The van der Waals surface area contributed by atoms with E-state index >= 15 is 0 Å². The first-order chi connectivity index (χ1) is 8.74. The number of aryl methyl sites for hydroxylation is 2. The Labute approximate surface area is 107 Å². The van der Waals surface area contributed by atoms with Gasteiger partial charge >= 0.3 is 5.97 Å². The zero-order chi connectivity index (χ0) is 13.0. The van der Waals surface area contributed by atoms with Crippen molar-refractivity contribution in [1.29, 1.82) is 0 Å². The molecule has 0 bridgehead atoms. The predicted molar refractivity (Wildman–Crippen MR) is 70.4 cm³/mol. The molecule has 0 aliphatic rings. The highest BCUT2D eigenvalue weighted by atomic mass is 16.5. The summed E-state index contributed by atoms with van der Waals surface area (Å²) >= 11 is 0. The topological polar surface area (TPSA) is 44.1 Å². The van der Waals surface area contributed by atoms with Crippen molar-refractivity contribution in [2.75, 3.05) is 7.11 Å². The average molecular weight is 246 g/mol. The van der Waals surface area contributed by atoms with Gasteiger partial charge in [0, 0.05) is 13.0 Å². The van der Waals surface area contributed by atoms with Crippen LogP contribution in [0.1, 0.15) is 25.3 Å². The van der Waals surface area contributed by atoms with E-state index in [-0.39, 0.29) is 5.97 Å². The van der Waals surface area contributed by atoms with E-state index in [0.29, 0.717) is 6.42 Å². The van der Waals surface area contributed by atoms with E-state index in [2.05, 4.69) is 39.4 Å². The Kier molecular flexibility index (Phi) is 3.97. The van der Waals surface area contributed by atoms with Gasteiger partial charge < -0.3 is 9.30 Å². The molecule has 0 radical (unpaired) electrons. The van der Waals surface area contributed by atoms with Gasteiger partial charge in [-0.15, -0.1) is 0 Å². The molecule has 18 heavy (non-hydrogen) atoms. The first-order valence-electron chi connectivity index (χ1n) is 6.25. The van der Waals surface area contributed by atoms with Gasteiger partial charge in [-0.1, -0.05) is 6.07 Å². The van der Waals surface area contributed by atoms with Crippen LogP contribution in [0.25, 0.3) is 11.0 Å². The Morgan fingerprint density at radius 3 is 3.00 bits per heavy atom. The first kappa shape index (κ1) is 12.6. The fourth-order valence-corrected chi connectivity index (χ4v) is 2.06. The van der Waals surface area contributed by atoms with Gasteiger partial charge in [0.2, 0.25) is 0 Å². The lowest BCUT2D eigenvalue weighted by Gasteiger charge is -2.02. The molecule has 0 aliphatic heterocycles. The van der Waals surface area contributed by atoms with Crippen LogP contribution in [0.3, 0.4) is 0 Å². The van der Waals surface area contributed by atoms with Crippen molar-refractivity contribution < 1.29 is 9.53 Å². The van der Waals surface area contributed by atoms with Crippen molar-refractivity contribution in [1.82, 2.24) is 9.55 Å². The second-order valence-electron chi connectivity index (χ2n) is 4.28. The Hall–Kier alpha value is -1.84. The lowest BCUT2D eigenvalue weighted by molar-refractivity contribution is -0.140. The minimum Gasteiger partial charge on any atom is -0.469 e. The van der Waals surface area contributed by atoms with Gasteiger partial charge in [-0.05, 0) is 37.5 Å². The second-order valence-corrected chi connectivity index (χ2v) is 4.28. The maximum atomic E-state index is 11.0. The number of hydrogen-bond acceptors (Lipinski definition) is 3. The minimum absolute atomic E-state index is 0.147. The fraction of sp³-hybridized carbons (Fsp3) is 0.429. The molecule has 4 heteroatoms. The summed E-state index contributed by atoms with van der Waals surface area (Å²) in [5.41, 5.74) is 3.40. The van der Waals surface area contributed by atoms with Gasteiger partial charge in [-0.2, -0.15) is 0 Å². The number of esters is 1. The number of aromatic nitrogens is 2. The number of methoxy groups -OCH3 is 1. The monoisotopic (exact) mass is 246 g/mol. The number of imidazole rings is 1. The summed E-state index contributed by atoms with van der Waals surface area (Å²) in [6.07, 6.45) is 4.03. The summed E-state index contributed by atoms with van der Waals surface area (Å²) in [5.74, 6) is -0.147. The summed E-state index contributed by atoms with van der Waals surface area (Å²) < 4.78 is 6.74. The van der Waals surface area contributed by atoms with Gasteiger partial charge in [-0.25, -0.2) is 4.98 Å². The fourth-order valence-electron chi connectivity index (χ4n) is 2.06. The van der Waals surface area contributed by atoms with Crippen LogP contribution in [-0.2, 0) is 22.5 Å². The standard InChI is InChI=1S/C14H18N2O2/c1-3-16-10-15-12-9-11(7-8-13(12)16)5-4-6-14(17)18-2/h7-10H,3-6H2,1-2H3. The van der Waals surface area contributed by atoms with Crippen LogP contribution in [0.5, 0.6) is 0 Å². The van der Waals surface area contributed by atoms with Gasteiger partial charge in [0.15, 0.2) is 0 Å². The van der Waals surface area contributed by atoms with E-state index in [1.54, 1.807) is 0 Å². The number of fused-ring (bicyclic) bond motifs is 1. The highest BCUT2D eigenvalue weighted by Gasteiger charge is 2.04. The number of rotatable bonds is 5. The average Bonchev–Trinajstić information content (AvgIpc) is 2.80. The van der Waals surface area contributed by atoms with E-state index in [1.165, 1.54) is 12.7 Å². The van der Waals surface area contributed by atoms with E-state index < -0.39 is 0 Å². The van der Waals surface area contributed by atoms with Gasteiger partial charge in [0.05, 0.1) is 24.5 Å². The maximum Gasteiger partial charge on any atom is 0.305 e. The number of nitrogens with zero attached hydrogens (tertiary/aromatic N) is 2. The zero-order valence-corrected chi connectivity index (χ0v) is 10.8. The second kappa shape index (κ2) is 5.67. The summed E-state index contributed by atoms with van der Waals surface area (Å²) in [7, 11) is 1.42. The van der Waals surface area contributed by atoms with Crippen LogP contribution in [0, 0.1) is 0 Å². The van der Waals surface area contributed by atoms with E-state index in [4.69, 9.17) is 0 Å². The SMILES string of the molecule is CCn1cnc2cc(CCCC(=O)OC)ccc21. The van der Waals surface area contributed by atoms with Gasteiger partial charge in [-0.3, -0.25) is 4.79 Å². The first-order valence-corrected chi connectivity index (χ1v) is 6.25. The Morgan fingerprint density at radius 2 is 2.28 bits per heavy atom. The molecule has 96 valence electrons. The molecule has 0 spiro atoms. The largest absolute Gasteiger partial charge is 0.469 e. The van der Waals surface area contributed by atoms with Crippen molar-refractivity contribution >= 4 is 17.0 Å². The van der Waals surface area contributed by atoms with Crippen molar-refractivity contribution in [3.8, 4) is 0 Å². The molecular weight excluding hydrogens is 228 g/mol. The van der Waals surface area contributed by atoms with E-state index in [1.807, 2.05) is 6.33 Å². The van der Waals surface area contributed by atoms with Crippen molar-refractivity contribution in [2.24, 2.45) is 0 Å². The quantitative estimate of drug-likeness (QED) is 0.761. The molecule has 0 saturated heterocycles. The highest BCUT2D eigenvalue weighted by molar-refractivity contribution is 5.76. The Bertz CT molecular complexity index is 546. The summed E-state index contributed by atoms with van der Waals surface area (Å²) in [4.78, 5) is 15.4. The third-order valence-corrected chi connectivity index (χ3v) is 3.10. The van der Waals surface area contributed by atoms with Gasteiger partial charge in [0.1, 0.15) is 0 Å². The molecule has 0 atom stereocenters. The van der Waals surface area contributed by atoms with Crippen LogP contribution in [0.2, 0.25) is 0 Å². The normalized spacial score (nSPS) is 10.8. The van der Waals surface area contributed by atoms with Crippen LogP contribution >= 0.6 is 0 Å². The van der Waals surface area contributed by atoms with Crippen molar-refractivity contribution in [2.45, 2.75) is 32.7 Å². The van der Waals surface area contributed by atoms with Crippen LogP contribution in [0.15, 0.2) is 24.5 Å². The van der Waals surface area contributed by atoms with E-state index in [9.17, 15) is 4.79 Å². The molecule has 0 N–H and O–H groups in total. The van der Waals surface area contributed by atoms with E-state index in [0.717, 1.165) is 30.4 Å². The molecule has 1 heterocycles. The molecule has 4 nitrogen and oxygen atoms in total. The number of hydrogen-bond donors (Lipinski definition) is 0. The molecule has 1 aromatic heterocycles. The molecule has 1 aromatic carbocycles. The molecule has 0 saturated carbocycles. The lowest BCUT2D eigenvalue weighted by Crippen LogP contribution is -2.00. The van der Waals surface area contributed by atoms with Crippen molar-refractivity contribution in [3.63, 3.8) is 0 Å². The maximum absolute atomic E-state index is 11.0. The molecule has 2 aromatic rings. The third kappa shape index (κ3) is 2.70. The number of carbonyl (C=O) groups excluding carboxylic acids is 1. The minimum atomic E-state index is -0.147. The number of ether oxygens (including phenoxy) is 1. The molecule has 0 aliphatic carbocycles. The van der Waals surface area contributed by atoms with Crippen molar-refractivity contribution in [3.05, 3.63) is 30.1 Å². The lowest BCUT2D eigenvalue weighted by atomic mass is 10.1. The Balaban J connectivity index is 2.04. The number of carbonyl (C=O) groups is 1. The third-order valence-electron chi connectivity index (χ3n) is 3.10. The molecule has 0 unspecified atom stereocenters. The van der Waals surface area contributed by atoms with Crippen LogP contribution < -0.4 is 0 Å². The smallest absolute Gasteiger partial charge is 0.305 e.